The van der Waals surface area contributed by atoms with Gasteiger partial charge in [0.05, 0.1) is 26.2 Å². The molecule has 1 fully saturated rings. The van der Waals surface area contributed by atoms with Crippen LogP contribution in [-0.2, 0) is 14.3 Å². The van der Waals surface area contributed by atoms with E-state index < -0.39 is 5.60 Å². The third-order valence-corrected chi connectivity index (χ3v) is 1.52. The van der Waals surface area contributed by atoms with Crippen molar-refractivity contribution in [1.29, 1.82) is 0 Å². The van der Waals surface area contributed by atoms with Gasteiger partial charge in [-0.15, -0.1) is 0 Å². The third-order valence-electron chi connectivity index (χ3n) is 1.52. The summed E-state index contributed by atoms with van der Waals surface area (Å²) in [4.78, 5) is 10.8. The Kier molecular flexibility index (Phi) is 2.46. The number of carbonyl (C=O) groups excluding carboxylic acids is 1. The molecule has 0 aliphatic carbocycles. The highest BCUT2D eigenvalue weighted by Crippen LogP contribution is 2.20. The topological polar surface area (TPSA) is 55.8 Å². The van der Waals surface area contributed by atoms with Crippen molar-refractivity contribution >= 4 is 5.97 Å². The maximum Gasteiger partial charge on any atom is 0.308 e. The van der Waals surface area contributed by atoms with Crippen LogP contribution in [0.3, 0.4) is 0 Å². The molecule has 0 amide bonds. The molecule has 1 rings (SSSR count). The Labute approximate surface area is 65.1 Å². The lowest BCUT2D eigenvalue weighted by atomic mass is 9.98. The van der Waals surface area contributed by atoms with Gasteiger partial charge in [-0.2, -0.15) is 0 Å². The van der Waals surface area contributed by atoms with Crippen molar-refractivity contribution in [1.82, 2.24) is 0 Å². The van der Waals surface area contributed by atoms with Crippen LogP contribution in [0.2, 0.25) is 0 Å². The average molecular weight is 160 g/mol. The van der Waals surface area contributed by atoms with Gasteiger partial charge in [0.25, 0.3) is 0 Å². The molecule has 4 nitrogen and oxygen atoms in total. The lowest BCUT2D eigenvalue weighted by molar-refractivity contribution is -0.192. The van der Waals surface area contributed by atoms with Crippen molar-refractivity contribution in [2.24, 2.45) is 0 Å². The maximum absolute atomic E-state index is 10.8. The van der Waals surface area contributed by atoms with Crippen LogP contribution in [0.5, 0.6) is 0 Å². The van der Waals surface area contributed by atoms with Gasteiger partial charge in [-0.1, -0.05) is 0 Å². The van der Waals surface area contributed by atoms with Crippen molar-refractivity contribution in [3.8, 4) is 0 Å². The molecule has 0 aromatic heterocycles. The van der Waals surface area contributed by atoms with Gasteiger partial charge >= 0.3 is 5.97 Å². The minimum absolute atomic E-state index is 0.0425. The van der Waals surface area contributed by atoms with Crippen LogP contribution in [0.15, 0.2) is 0 Å². The Hall–Kier alpha value is -0.610. The molecule has 1 saturated heterocycles. The zero-order chi connectivity index (χ0) is 8.32. The van der Waals surface area contributed by atoms with E-state index in [2.05, 4.69) is 4.74 Å². The highest BCUT2D eigenvalue weighted by molar-refractivity contribution is 5.70. The summed E-state index contributed by atoms with van der Waals surface area (Å²) in [6.45, 7) is 2.58. The van der Waals surface area contributed by atoms with E-state index in [0.717, 1.165) is 0 Å². The molecule has 4 heteroatoms. The van der Waals surface area contributed by atoms with Gasteiger partial charge in [0.15, 0.2) is 0 Å². The van der Waals surface area contributed by atoms with Crippen LogP contribution < -0.4 is 0 Å². The summed E-state index contributed by atoms with van der Waals surface area (Å²) in [6, 6.07) is 0. The fraction of sp³-hybridized carbons (Fsp3) is 0.857. The van der Waals surface area contributed by atoms with E-state index in [1.54, 1.807) is 6.92 Å². The molecule has 0 unspecified atom stereocenters. The zero-order valence-corrected chi connectivity index (χ0v) is 6.50. The Morgan fingerprint density at radius 1 is 1.73 bits per heavy atom. The molecule has 0 atom stereocenters. The molecule has 0 saturated carbocycles. The van der Waals surface area contributed by atoms with Gasteiger partial charge in [-0.05, 0) is 6.92 Å². The summed E-state index contributed by atoms with van der Waals surface area (Å²) in [5, 5.41) is 9.38. The standard InChI is InChI=1S/C7H12O4/c1-2-11-6(8)3-7(9)4-10-5-7/h9H,2-5H2,1H3. The predicted octanol–water partition coefficient (Wildman–Crippen LogP) is -0.299. The first-order valence-electron chi connectivity index (χ1n) is 3.62. The van der Waals surface area contributed by atoms with Gasteiger partial charge in [-0.3, -0.25) is 4.79 Å². The molecule has 11 heavy (non-hydrogen) atoms. The molecule has 0 aromatic rings. The van der Waals surface area contributed by atoms with E-state index in [1.807, 2.05) is 0 Å². The highest BCUT2D eigenvalue weighted by atomic mass is 16.6. The first-order chi connectivity index (χ1) is 5.16. The fourth-order valence-electron chi connectivity index (χ4n) is 0.920. The lowest BCUT2D eigenvalue weighted by Gasteiger charge is -2.35. The van der Waals surface area contributed by atoms with Gasteiger partial charge in [0, 0.05) is 0 Å². The van der Waals surface area contributed by atoms with E-state index in [0.29, 0.717) is 6.61 Å². The van der Waals surface area contributed by atoms with E-state index in [1.165, 1.54) is 0 Å². The third kappa shape index (κ3) is 2.17. The number of rotatable bonds is 3. The summed E-state index contributed by atoms with van der Waals surface area (Å²) in [5.74, 6) is -0.363. The van der Waals surface area contributed by atoms with Gasteiger partial charge < -0.3 is 14.6 Å². The Morgan fingerprint density at radius 3 is 2.73 bits per heavy atom. The predicted molar refractivity (Wildman–Crippen MR) is 37.0 cm³/mol. The molecular weight excluding hydrogens is 148 g/mol. The minimum atomic E-state index is -0.952. The van der Waals surface area contributed by atoms with Gasteiger partial charge in [-0.25, -0.2) is 0 Å². The summed E-state index contributed by atoms with van der Waals surface area (Å²) >= 11 is 0. The normalized spacial score (nSPS) is 20.5. The Bertz CT molecular complexity index is 151. The molecule has 0 spiro atoms. The van der Waals surface area contributed by atoms with Crippen LogP contribution in [0.1, 0.15) is 13.3 Å². The molecule has 0 aromatic carbocycles. The minimum Gasteiger partial charge on any atom is -0.466 e. The molecule has 1 aliphatic heterocycles. The Balaban J connectivity index is 2.23. The number of hydrogen-bond acceptors (Lipinski definition) is 4. The zero-order valence-electron chi connectivity index (χ0n) is 6.50. The summed E-state index contributed by atoms with van der Waals surface area (Å²) in [5.41, 5.74) is -0.952. The molecule has 1 aliphatic rings. The van der Waals surface area contributed by atoms with Crippen LogP contribution in [0.4, 0.5) is 0 Å². The summed E-state index contributed by atoms with van der Waals surface area (Å²) in [6.07, 6.45) is 0.0425. The van der Waals surface area contributed by atoms with Crippen LogP contribution in [-0.4, -0.2) is 36.5 Å². The van der Waals surface area contributed by atoms with Crippen molar-refractivity contribution in [2.45, 2.75) is 18.9 Å². The van der Waals surface area contributed by atoms with E-state index in [-0.39, 0.29) is 25.6 Å². The number of hydrogen-bond donors (Lipinski definition) is 1. The van der Waals surface area contributed by atoms with Crippen molar-refractivity contribution < 1.29 is 19.4 Å². The van der Waals surface area contributed by atoms with E-state index >= 15 is 0 Å². The quantitative estimate of drug-likeness (QED) is 0.576. The fourth-order valence-corrected chi connectivity index (χ4v) is 0.920. The molecule has 0 radical (unpaired) electrons. The van der Waals surface area contributed by atoms with Crippen LogP contribution in [0, 0.1) is 0 Å². The van der Waals surface area contributed by atoms with E-state index in [4.69, 9.17) is 4.74 Å². The van der Waals surface area contributed by atoms with Crippen LogP contribution >= 0.6 is 0 Å². The van der Waals surface area contributed by atoms with Crippen molar-refractivity contribution in [3.63, 3.8) is 0 Å². The smallest absolute Gasteiger partial charge is 0.308 e. The second-order valence-corrected chi connectivity index (χ2v) is 2.70. The first-order valence-corrected chi connectivity index (χ1v) is 3.62. The molecule has 1 N–H and O–H groups in total. The average Bonchev–Trinajstić information content (AvgIpc) is 1.85. The van der Waals surface area contributed by atoms with E-state index in [9.17, 15) is 9.90 Å². The highest BCUT2D eigenvalue weighted by Gasteiger charge is 2.38. The molecule has 64 valence electrons. The largest absolute Gasteiger partial charge is 0.466 e. The number of ether oxygens (including phenoxy) is 2. The monoisotopic (exact) mass is 160 g/mol. The van der Waals surface area contributed by atoms with Gasteiger partial charge in [0.2, 0.25) is 0 Å². The maximum atomic E-state index is 10.8. The first kappa shape index (κ1) is 8.49. The molecule has 0 bridgehead atoms. The molecular formula is C7H12O4. The number of esters is 1. The van der Waals surface area contributed by atoms with Gasteiger partial charge in [0.1, 0.15) is 5.60 Å². The second-order valence-electron chi connectivity index (χ2n) is 2.70. The van der Waals surface area contributed by atoms with Crippen molar-refractivity contribution in [2.75, 3.05) is 19.8 Å². The van der Waals surface area contributed by atoms with Crippen molar-refractivity contribution in [3.05, 3.63) is 0 Å². The lowest BCUT2D eigenvalue weighted by Crippen LogP contribution is -2.51. The number of carbonyl (C=O) groups is 1. The summed E-state index contributed by atoms with van der Waals surface area (Å²) < 4.78 is 9.42. The Morgan fingerprint density at radius 2 is 2.36 bits per heavy atom. The number of aliphatic hydroxyl groups is 1. The second kappa shape index (κ2) is 3.19. The summed E-state index contributed by atoms with van der Waals surface area (Å²) in [7, 11) is 0. The SMILES string of the molecule is CCOC(=O)CC1(O)COC1. The molecule has 1 heterocycles. The van der Waals surface area contributed by atoms with Crippen LogP contribution in [0.25, 0.3) is 0 Å².